The number of hydrogen-bond donors (Lipinski definition) is 2. The van der Waals surface area contributed by atoms with Crippen molar-refractivity contribution < 1.29 is 9.53 Å². The number of nitrogens with zero attached hydrogens (tertiary/aromatic N) is 1. The molecule has 1 aliphatic rings. The number of aromatic amines is 1. The number of esters is 1. The summed E-state index contributed by atoms with van der Waals surface area (Å²) in [5.41, 5.74) is 1.51. The molecule has 2 N–H and O–H groups in total. The Hall–Kier alpha value is -1.33. The number of likely N-dealkylation sites (tertiary alicyclic amines) is 1. The third-order valence-corrected chi connectivity index (χ3v) is 3.34. The molecule has 0 amide bonds. The van der Waals surface area contributed by atoms with Crippen LogP contribution in [-0.2, 0) is 11.3 Å². The monoisotopic (exact) mass is 251 g/mol. The van der Waals surface area contributed by atoms with Crippen LogP contribution in [0.5, 0.6) is 0 Å². The normalized spacial score (nSPS) is 16.1. The molecule has 1 aromatic heterocycles. The first kappa shape index (κ1) is 13.1. The summed E-state index contributed by atoms with van der Waals surface area (Å²) in [4.78, 5) is 17.0. The topological polar surface area (TPSA) is 57.4 Å². The van der Waals surface area contributed by atoms with Crippen LogP contribution < -0.4 is 5.32 Å². The van der Waals surface area contributed by atoms with Crippen molar-refractivity contribution in [2.45, 2.75) is 19.4 Å². The van der Waals surface area contributed by atoms with Gasteiger partial charge in [-0.2, -0.15) is 0 Å². The van der Waals surface area contributed by atoms with E-state index in [0.717, 1.165) is 18.8 Å². The fraction of sp³-hybridized carbons (Fsp3) is 0.615. The van der Waals surface area contributed by atoms with Crippen LogP contribution in [0.25, 0.3) is 0 Å². The Labute approximate surface area is 108 Å². The lowest BCUT2D eigenvalue weighted by Crippen LogP contribution is -2.30. The number of carbonyl (C=O) groups is 1. The first-order valence-electron chi connectivity index (χ1n) is 6.49. The molecule has 0 spiro atoms. The zero-order valence-electron chi connectivity index (χ0n) is 10.9. The quantitative estimate of drug-likeness (QED) is 0.585. The first-order valence-corrected chi connectivity index (χ1v) is 6.49. The number of H-pyrrole nitrogens is 1. The van der Waals surface area contributed by atoms with Gasteiger partial charge in [0.1, 0.15) is 0 Å². The molecule has 2 heterocycles. The second kappa shape index (κ2) is 6.56. The first-order chi connectivity index (χ1) is 8.81. The van der Waals surface area contributed by atoms with Crippen molar-refractivity contribution in [3.05, 3.63) is 23.5 Å². The number of rotatable bonds is 6. The highest BCUT2D eigenvalue weighted by molar-refractivity contribution is 5.90. The minimum absolute atomic E-state index is 0.285. The molecule has 1 aromatic rings. The molecule has 0 aromatic carbocycles. The second-order valence-electron chi connectivity index (χ2n) is 4.59. The summed E-state index contributed by atoms with van der Waals surface area (Å²) >= 11 is 0. The molecule has 1 saturated heterocycles. The minimum Gasteiger partial charge on any atom is -0.465 e. The lowest BCUT2D eigenvalue weighted by molar-refractivity contribution is 0.0599. The third-order valence-electron chi connectivity index (χ3n) is 3.34. The Balaban J connectivity index is 1.72. The van der Waals surface area contributed by atoms with Gasteiger partial charge in [0.15, 0.2) is 0 Å². The number of methoxy groups -OCH3 is 1. The zero-order valence-corrected chi connectivity index (χ0v) is 10.9. The van der Waals surface area contributed by atoms with Gasteiger partial charge in [-0.3, -0.25) is 0 Å². The van der Waals surface area contributed by atoms with Crippen LogP contribution in [-0.4, -0.2) is 49.1 Å². The van der Waals surface area contributed by atoms with E-state index >= 15 is 0 Å². The molecule has 5 heteroatoms. The van der Waals surface area contributed by atoms with Crippen LogP contribution >= 0.6 is 0 Å². The van der Waals surface area contributed by atoms with Gasteiger partial charge in [0.2, 0.25) is 0 Å². The highest BCUT2D eigenvalue weighted by atomic mass is 16.5. The lowest BCUT2D eigenvalue weighted by Gasteiger charge is -2.14. The van der Waals surface area contributed by atoms with E-state index in [1.54, 1.807) is 12.3 Å². The van der Waals surface area contributed by atoms with Crippen LogP contribution in [0, 0.1) is 0 Å². The highest BCUT2D eigenvalue weighted by Crippen LogP contribution is 2.08. The molecule has 5 nitrogen and oxygen atoms in total. The van der Waals surface area contributed by atoms with E-state index in [1.807, 2.05) is 0 Å². The number of hydrogen-bond acceptors (Lipinski definition) is 4. The maximum atomic E-state index is 11.5. The molecule has 0 unspecified atom stereocenters. The molecule has 0 radical (unpaired) electrons. The van der Waals surface area contributed by atoms with Gasteiger partial charge < -0.3 is 19.9 Å². The van der Waals surface area contributed by atoms with Crippen molar-refractivity contribution in [3.63, 3.8) is 0 Å². The van der Waals surface area contributed by atoms with Crippen molar-refractivity contribution in [3.8, 4) is 0 Å². The predicted molar refractivity (Wildman–Crippen MR) is 69.5 cm³/mol. The summed E-state index contributed by atoms with van der Waals surface area (Å²) in [7, 11) is 1.40. The summed E-state index contributed by atoms with van der Waals surface area (Å²) in [6.07, 6.45) is 4.41. The Morgan fingerprint density at radius 1 is 1.50 bits per heavy atom. The van der Waals surface area contributed by atoms with Gasteiger partial charge >= 0.3 is 5.97 Å². The fourth-order valence-corrected chi connectivity index (χ4v) is 2.31. The highest BCUT2D eigenvalue weighted by Gasteiger charge is 2.13. The van der Waals surface area contributed by atoms with Crippen molar-refractivity contribution in [1.82, 2.24) is 15.2 Å². The molecular formula is C13H21N3O2. The molecule has 2 rings (SSSR count). The Morgan fingerprint density at radius 3 is 3.00 bits per heavy atom. The van der Waals surface area contributed by atoms with E-state index < -0.39 is 0 Å². The SMILES string of the molecule is COC(=O)c1cc[nH]c1CNCCN1CCCC1. The number of nitrogens with one attached hydrogen (secondary N) is 2. The minimum atomic E-state index is -0.285. The Bertz CT molecular complexity index is 383. The van der Waals surface area contributed by atoms with Crippen LogP contribution in [0.15, 0.2) is 12.3 Å². The fourth-order valence-electron chi connectivity index (χ4n) is 2.31. The molecule has 100 valence electrons. The van der Waals surface area contributed by atoms with Crippen molar-refractivity contribution in [2.75, 3.05) is 33.3 Å². The Kier molecular flexibility index (Phi) is 4.78. The van der Waals surface area contributed by atoms with Gasteiger partial charge in [-0.05, 0) is 32.0 Å². The van der Waals surface area contributed by atoms with Crippen molar-refractivity contribution in [1.29, 1.82) is 0 Å². The van der Waals surface area contributed by atoms with E-state index in [2.05, 4.69) is 15.2 Å². The summed E-state index contributed by atoms with van der Waals surface area (Å²) in [5, 5.41) is 3.35. The summed E-state index contributed by atoms with van der Waals surface area (Å²) < 4.78 is 4.73. The average Bonchev–Trinajstić information content (AvgIpc) is 3.04. The van der Waals surface area contributed by atoms with E-state index in [9.17, 15) is 4.79 Å². The van der Waals surface area contributed by atoms with Crippen LogP contribution in [0.1, 0.15) is 28.9 Å². The predicted octanol–water partition coefficient (Wildman–Crippen LogP) is 0.987. The molecule has 0 bridgehead atoms. The molecule has 1 fully saturated rings. The van der Waals surface area contributed by atoms with Crippen molar-refractivity contribution in [2.24, 2.45) is 0 Å². The second-order valence-corrected chi connectivity index (χ2v) is 4.59. The number of aromatic nitrogens is 1. The van der Waals surface area contributed by atoms with Gasteiger partial charge in [0, 0.05) is 31.5 Å². The standard InChI is InChI=1S/C13H21N3O2/c1-18-13(17)11-4-5-15-12(11)10-14-6-9-16-7-2-3-8-16/h4-5,14-15H,2-3,6-10H2,1H3. The lowest BCUT2D eigenvalue weighted by atomic mass is 10.2. The van der Waals surface area contributed by atoms with Crippen LogP contribution in [0.2, 0.25) is 0 Å². The van der Waals surface area contributed by atoms with E-state index in [0.29, 0.717) is 12.1 Å². The van der Waals surface area contributed by atoms with Gasteiger partial charge in [0.25, 0.3) is 0 Å². The smallest absolute Gasteiger partial charge is 0.339 e. The molecule has 0 aliphatic carbocycles. The van der Waals surface area contributed by atoms with Gasteiger partial charge in [-0.1, -0.05) is 0 Å². The number of ether oxygens (including phenoxy) is 1. The van der Waals surface area contributed by atoms with E-state index in [-0.39, 0.29) is 5.97 Å². The largest absolute Gasteiger partial charge is 0.465 e. The third kappa shape index (κ3) is 3.34. The van der Waals surface area contributed by atoms with Crippen LogP contribution in [0.3, 0.4) is 0 Å². The summed E-state index contributed by atoms with van der Waals surface area (Å²) in [6, 6.07) is 1.75. The summed E-state index contributed by atoms with van der Waals surface area (Å²) in [5.74, 6) is -0.285. The number of carbonyl (C=O) groups excluding carboxylic acids is 1. The molecule has 0 atom stereocenters. The maximum absolute atomic E-state index is 11.5. The molecular weight excluding hydrogens is 230 g/mol. The van der Waals surface area contributed by atoms with Gasteiger partial charge in [0.05, 0.1) is 12.7 Å². The summed E-state index contributed by atoms with van der Waals surface area (Å²) in [6.45, 7) is 5.13. The average molecular weight is 251 g/mol. The zero-order chi connectivity index (χ0) is 12.8. The molecule has 1 aliphatic heterocycles. The van der Waals surface area contributed by atoms with Crippen molar-refractivity contribution >= 4 is 5.97 Å². The van der Waals surface area contributed by atoms with Gasteiger partial charge in [-0.25, -0.2) is 4.79 Å². The van der Waals surface area contributed by atoms with E-state index in [1.165, 1.54) is 33.0 Å². The Morgan fingerprint density at radius 2 is 2.28 bits per heavy atom. The van der Waals surface area contributed by atoms with Crippen LogP contribution in [0.4, 0.5) is 0 Å². The van der Waals surface area contributed by atoms with E-state index in [4.69, 9.17) is 4.74 Å². The van der Waals surface area contributed by atoms with Gasteiger partial charge in [-0.15, -0.1) is 0 Å². The maximum Gasteiger partial charge on any atom is 0.339 e. The molecule has 18 heavy (non-hydrogen) atoms. The molecule has 0 saturated carbocycles.